The van der Waals surface area contributed by atoms with Gasteiger partial charge >= 0.3 is 17.9 Å². The largest absolute Gasteiger partial charge is 0.462 e. The van der Waals surface area contributed by atoms with E-state index in [1.54, 1.807) is 6.08 Å². The van der Waals surface area contributed by atoms with E-state index in [2.05, 4.69) is 154 Å². The van der Waals surface area contributed by atoms with Gasteiger partial charge in [-0.3, -0.25) is 14.4 Å². The molecule has 0 aromatic rings. The molecule has 0 N–H and O–H groups in total. The number of esters is 3. The molecule has 0 aliphatic carbocycles. The SMILES string of the molecule is CC/C=C\C/C=C\C/C=C\C/C=C\C/C=C\C/C=C\C/C=C\CCCCCCCCCCCC(=O)OCC(COC(=O)C/C=C\C/C=C\C/C=C\C/C=C\C/C=C\CC)OC(=O)CCCCCCCCCCCCCCCCCCCC. The second kappa shape index (κ2) is 68.8. The lowest BCUT2D eigenvalue weighted by atomic mass is 10.0. The minimum Gasteiger partial charge on any atom is -0.462 e. The molecule has 0 spiro atoms. The van der Waals surface area contributed by atoms with Gasteiger partial charge in [-0.2, -0.15) is 0 Å². The van der Waals surface area contributed by atoms with E-state index in [9.17, 15) is 14.4 Å². The Kier molecular flexibility index (Phi) is 64.8. The van der Waals surface area contributed by atoms with Crippen LogP contribution in [0.2, 0.25) is 0 Å². The lowest BCUT2D eigenvalue weighted by Gasteiger charge is -2.18. The van der Waals surface area contributed by atoms with E-state index >= 15 is 0 Å². The number of carbonyl (C=O) groups excluding carboxylic acids is 3. The van der Waals surface area contributed by atoms with Crippen molar-refractivity contribution < 1.29 is 28.6 Å². The standard InChI is InChI=1S/C76H124O6/c1-4-7-10-13-16-19-22-25-28-30-32-33-34-35-36-37-38-39-40-41-42-43-44-46-48-51-54-57-60-63-66-69-75(78)81-72-73(71-80-74(77)68-65-62-59-56-53-50-47-27-24-21-18-15-12-9-6-3)82-76(79)70-67-64-61-58-55-52-49-45-31-29-26-23-20-17-14-11-8-5-2/h7,9-10,12,16,18-19,21,25,27-28,32-33,35-36,38-39,41-42,47,53,56,62,65,73H,4-6,8,11,13-15,17,20,22-24,26,29-31,34,37,40,43-46,48-52,54-55,57-61,63-64,66-72H2,1-3H3/b10-7-,12-9-,19-16-,21-18-,28-25-,33-32-,36-35-,39-38-,42-41-,47-27-,56-53-,65-62-. The Labute approximate surface area is 506 Å². The van der Waals surface area contributed by atoms with Gasteiger partial charge in [-0.15, -0.1) is 0 Å². The second-order valence-electron chi connectivity index (χ2n) is 22.0. The highest BCUT2D eigenvalue weighted by molar-refractivity contribution is 5.72. The Morgan fingerprint density at radius 2 is 0.524 bits per heavy atom. The van der Waals surface area contributed by atoms with Gasteiger partial charge in [0.05, 0.1) is 6.42 Å². The van der Waals surface area contributed by atoms with Crippen LogP contribution in [0.1, 0.15) is 297 Å². The summed E-state index contributed by atoms with van der Waals surface area (Å²) in [4.78, 5) is 38.3. The maximum Gasteiger partial charge on any atom is 0.309 e. The molecule has 0 aromatic heterocycles. The molecule has 0 fully saturated rings. The molecular formula is C76H124O6. The van der Waals surface area contributed by atoms with Crippen LogP contribution in [0.25, 0.3) is 0 Å². The molecule has 0 aliphatic rings. The summed E-state index contributed by atoms with van der Waals surface area (Å²) >= 11 is 0. The second-order valence-corrected chi connectivity index (χ2v) is 22.0. The topological polar surface area (TPSA) is 78.9 Å². The summed E-state index contributed by atoms with van der Waals surface area (Å²) in [6, 6.07) is 0. The lowest BCUT2D eigenvalue weighted by molar-refractivity contribution is -0.166. The zero-order chi connectivity index (χ0) is 59.2. The van der Waals surface area contributed by atoms with Gasteiger partial charge in [-0.05, 0) is 103 Å². The van der Waals surface area contributed by atoms with Crippen LogP contribution in [0.3, 0.4) is 0 Å². The minimum atomic E-state index is -0.825. The first-order chi connectivity index (χ1) is 40.5. The van der Waals surface area contributed by atoms with E-state index in [4.69, 9.17) is 14.2 Å². The molecule has 464 valence electrons. The molecule has 82 heavy (non-hydrogen) atoms. The molecule has 6 nitrogen and oxygen atoms in total. The number of unbranched alkanes of at least 4 members (excludes halogenated alkanes) is 26. The summed E-state index contributed by atoms with van der Waals surface area (Å²) in [5.41, 5.74) is 0. The number of hydrogen-bond acceptors (Lipinski definition) is 6. The molecule has 0 aromatic carbocycles. The van der Waals surface area contributed by atoms with Gasteiger partial charge < -0.3 is 14.2 Å². The third-order valence-electron chi connectivity index (χ3n) is 14.1. The quantitative estimate of drug-likeness (QED) is 0.0261. The monoisotopic (exact) mass is 1130 g/mol. The molecule has 0 amide bonds. The van der Waals surface area contributed by atoms with Crippen molar-refractivity contribution in [2.24, 2.45) is 0 Å². The van der Waals surface area contributed by atoms with E-state index in [1.807, 2.05) is 6.08 Å². The third-order valence-corrected chi connectivity index (χ3v) is 14.1. The first kappa shape index (κ1) is 77.3. The fourth-order valence-electron chi connectivity index (χ4n) is 9.14. The molecule has 0 saturated heterocycles. The fraction of sp³-hybridized carbons (Fsp3) is 0.645. The van der Waals surface area contributed by atoms with Crippen molar-refractivity contribution in [1.29, 1.82) is 0 Å². The molecule has 0 radical (unpaired) electrons. The summed E-state index contributed by atoms with van der Waals surface area (Å²) in [7, 11) is 0. The first-order valence-electron chi connectivity index (χ1n) is 33.8. The Morgan fingerprint density at radius 1 is 0.268 bits per heavy atom. The maximum atomic E-state index is 12.9. The third kappa shape index (κ3) is 66.1. The maximum absolute atomic E-state index is 12.9. The van der Waals surface area contributed by atoms with Crippen LogP contribution in [0, 0.1) is 0 Å². The van der Waals surface area contributed by atoms with E-state index in [1.165, 1.54) is 135 Å². The highest BCUT2D eigenvalue weighted by Crippen LogP contribution is 2.16. The van der Waals surface area contributed by atoms with Crippen LogP contribution < -0.4 is 0 Å². The average Bonchev–Trinajstić information content (AvgIpc) is 3.47. The normalized spacial score (nSPS) is 13.1. The predicted octanol–water partition coefficient (Wildman–Crippen LogP) is 23.5. The van der Waals surface area contributed by atoms with Gasteiger partial charge in [0.25, 0.3) is 0 Å². The molecule has 1 unspecified atom stereocenters. The zero-order valence-electron chi connectivity index (χ0n) is 53.2. The van der Waals surface area contributed by atoms with Crippen LogP contribution in [-0.4, -0.2) is 37.2 Å². The van der Waals surface area contributed by atoms with E-state index < -0.39 is 12.1 Å². The van der Waals surface area contributed by atoms with Crippen LogP contribution in [0.5, 0.6) is 0 Å². The fourth-order valence-corrected chi connectivity index (χ4v) is 9.14. The molecule has 1 atom stereocenters. The highest BCUT2D eigenvalue weighted by Gasteiger charge is 2.19. The van der Waals surface area contributed by atoms with Crippen LogP contribution in [0.4, 0.5) is 0 Å². The van der Waals surface area contributed by atoms with Crippen LogP contribution in [0.15, 0.2) is 146 Å². The molecule has 6 heteroatoms. The zero-order valence-corrected chi connectivity index (χ0v) is 53.2. The van der Waals surface area contributed by atoms with E-state index in [0.717, 1.165) is 122 Å². The highest BCUT2D eigenvalue weighted by atomic mass is 16.6. The molecule has 0 bridgehead atoms. The van der Waals surface area contributed by atoms with Gasteiger partial charge in [-0.1, -0.05) is 321 Å². The van der Waals surface area contributed by atoms with Crippen molar-refractivity contribution in [2.75, 3.05) is 13.2 Å². The van der Waals surface area contributed by atoms with Gasteiger partial charge in [0.15, 0.2) is 6.10 Å². The van der Waals surface area contributed by atoms with Crippen LogP contribution in [-0.2, 0) is 28.6 Å². The van der Waals surface area contributed by atoms with Crippen molar-refractivity contribution in [3.8, 4) is 0 Å². The molecule has 0 heterocycles. The van der Waals surface area contributed by atoms with Crippen molar-refractivity contribution in [1.82, 2.24) is 0 Å². The Hall–Kier alpha value is -4.71. The summed E-state index contributed by atoms with van der Waals surface area (Å²) in [5, 5.41) is 0. The molecule has 0 aliphatic heterocycles. The van der Waals surface area contributed by atoms with Gasteiger partial charge in [0, 0.05) is 12.8 Å². The molecule has 0 rings (SSSR count). The van der Waals surface area contributed by atoms with Crippen LogP contribution >= 0.6 is 0 Å². The predicted molar refractivity (Wildman–Crippen MR) is 357 cm³/mol. The number of allylic oxidation sites excluding steroid dienone is 23. The summed E-state index contributed by atoms with van der Waals surface area (Å²) in [6.45, 7) is 6.34. The van der Waals surface area contributed by atoms with Crippen molar-refractivity contribution in [3.63, 3.8) is 0 Å². The van der Waals surface area contributed by atoms with Crippen molar-refractivity contribution >= 4 is 17.9 Å². The molecular weight excluding hydrogens is 1010 g/mol. The van der Waals surface area contributed by atoms with Gasteiger partial charge in [0.2, 0.25) is 0 Å². The van der Waals surface area contributed by atoms with E-state index in [-0.39, 0.29) is 31.6 Å². The minimum absolute atomic E-state index is 0.113. The van der Waals surface area contributed by atoms with E-state index in [0.29, 0.717) is 12.8 Å². The van der Waals surface area contributed by atoms with Gasteiger partial charge in [0.1, 0.15) is 13.2 Å². The van der Waals surface area contributed by atoms with Gasteiger partial charge in [-0.25, -0.2) is 0 Å². The Morgan fingerprint density at radius 3 is 0.854 bits per heavy atom. The van der Waals surface area contributed by atoms with Crippen molar-refractivity contribution in [2.45, 2.75) is 303 Å². The molecule has 0 saturated carbocycles. The Balaban J connectivity index is 4.38. The Bertz CT molecular complexity index is 1780. The number of ether oxygens (including phenoxy) is 3. The number of hydrogen-bond donors (Lipinski definition) is 0. The average molecular weight is 1130 g/mol. The lowest BCUT2D eigenvalue weighted by Crippen LogP contribution is -2.30. The summed E-state index contributed by atoms with van der Waals surface area (Å²) < 4.78 is 16.8. The van der Waals surface area contributed by atoms with Crippen molar-refractivity contribution in [3.05, 3.63) is 146 Å². The smallest absolute Gasteiger partial charge is 0.309 e. The number of rotatable bonds is 60. The first-order valence-corrected chi connectivity index (χ1v) is 33.8. The number of carbonyl (C=O) groups is 3. The summed E-state index contributed by atoms with van der Waals surface area (Å²) in [6.07, 6.45) is 98.9. The summed E-state index contributed by atoms with van der Waals surface area (Å²) in [5.74, 6) is -1.05.